The Bertz CT molecular complexity index is 307. The van der Waals surface area contributed by atoms with Crippen LogP contribution in [0.2, 0.25) is 0 Å². The molecule has 0 aromatic heterocycles. The van der Waals surface area contributed by atoms with Crippen LogP contribution in [-0.2, 0) is 9.47 Å². The number of hydrogen-bond acceptors (Lipinski definition) is 6. The Morgan fingerprint density at radius 1 is 1.53 bits per heavy atom. The zero-order valence-electron chi connectivity index (χ0n) is 7.72. The molecule has 0 aliphatic carbocycles. The lowest BCUT2D eigenvalue weighted by Gasteiger charge is -2.40. The molecule has 0 aromatic rings. The molecule has 5 atom stereocenters. The van der Waals surface area contributed by atoms with Crippen LogP contribution in [0.15, 0.2) is 5.11 Å². The van der Waals surface area contributed by atoms with Gasteiger partial charge in [-0.05, 0) is 5.53 Å². The van der Waals surface area contributed by atoms with Gasteiger partial charge in [0.05, 0.1) is 19.3 Å². The third-order valence-corrected chi connectivity index (χ3v) is 2.79. The van der Waals surface area contributed by atoms with Gasteiger partial charge >= 0.3 is 0 Å². The molecule has 0 saturated carbocycles. The minimum atomic E-state index is -1.34. The highest BCUT2D eigenvalue weighted by molar-refractivity contribution is 5.05. The van der Waals surface area contributed by atoms with Crippen LogP contribution in [0.4, 0.5) is 0 Å². The third kappa shape index (κ3) is 1.39. The minimum absolute atomic E-state index is 0.0379. The maximum atomic E-state index is 9.71. The Balaban J connectivity index is 2.28. The summed E-state index contributed by atoms with van der Waals surface area (Å²) < 4.78 is 10.3. The van der Waals surface area contributed by atoms with E-state index < -0.39 is 36.7 Å². The predicted octanol–water partition coefficient (Wildman–Crippen LogP) is -1.50. The highest BCUT2D eigenvalue weighted by Gasteiger charge is 2.58. The van der Waals surface area contributed by atoms with Gasteiger partial charge in [-0.25, -0.2) is 0 Å². The fraction of sp³-hybridized carbons (Fsp3) is 1.00. The molecular formula is C7H11N3O5. The lowest BCUT2D eigenvalue weighted by Crippen LogP contribution is -2.61. The number of rotatable bonds is 2. The van der Waals surface area contributed by atoms with E-state index in [9.17, 15) is 10.2 Å². The Morgan fingerprint density at radius 3 is 2.87 bits per heavy atom. The highest BCUT2D eigenvalue weighted by Crippen LogP contribution is 2.37. The monoisotopic (exact) mass is 217 g/mol. The molecule has 2 rings (SSSR count). The van der Waals surface area contributed by atoms with Gasteiger partial charge in [0.2, 0.25) is 0 Å². The third-order valence-electron chi connectivity index (χ3n) is 2.79. The lowest BCUT2D eigenvalue weighted by atomic mass is 9.89. The first-order valence-corrected chi connectivity index (χ1v) is 4.45. The van der Waals surface area contributed by atoms with E-state index in [-0.39, 0.29) is 6.61 Å². The number of azide groups is 1. The summed E-state index contributed by atoms with van der Waals surface area (Å²) in [6.45, 7) is -0.505. The molecule has 2 saturated heterocycles. The van der Waals surface area contributed by atoms with Crippen LogP contribution < -0.4 is 0 Å². The zero-order chi connectivity index (χ0) is 11.1. The summed E-state index contributed by atoms with van der Waals surface area (Å²) in [5.41, 5.74) is 6.98. The highest BCUT2D eigenvalue weighted by atomic mass is 16.7. The van der Waals surface area contributed by atoms with Crippen LogP contribution in [0.1, 0.15) is 0 Å². The molecule has 0 radical (unpaired) electrons. The van der Waals surface area contributed by atoms with E-state index in [1.165, 1.54) is 0 Å². The van der Waals surface area contributed by atoms with Gasteiger partial charge in [0, 0.05) is 4.91 Å². The zero-order valence-corrected chi connectivity index (χ0v) is 7.72. The first-order chi connectivity index (χ1) is 7.14. The van der Waals surface area contributed by atoms with Crippen molar-refractivity contribution < 1.29 is 24.8 Å². The van der Waals surface area contributed by atoms with Gasteiger partial charge in [0.1, 0.15) is 17.7 Å². The second-order valence-electron chi connectivity index (χ2n) is 3.65. The molecule has 0 aromatic carbocycles. The summed E-state index contributed by atoms with van der Waals surface area (Å²) in [5.74, 6) is 0. The van der Waals surface area contributed by atoms with Gasteiger partial charge < -0.3 is 24.8 Å². The van der Waals surface area contributed by atoms with Crippen molar-refractivity contribution >= 4 is 0 Å². The van der Waals surface area contributed by atoms with E-state index in [1.54, 1.807) is 0 Å². The van der Waals surface area contributed by atoms with E-state index in [0.29, 0.717) is 0 Å². The normalized spacial score (nSPS) is 48.7. The first-order valence-electron chi connectivity index (χ1n) is 4.45. The quantitative estimate of drug-likeness (QED) is 0.295. The molecule has 84 valence electrons. The van der Waals surface area contributed by atoms with Crippen molar-refractivity contribution in [2.45, 2.75) is 30.1 Å². The van der Waals surface area contributed by atoms with Crippen molar-refractivity contribution in [1.82, 2.24) is 0 Å². The molecule has 2 aliphatic rings. The minimum Gasteiger partial charge on any atom is -0.393 e. The molecule has 2 bridgehead atoms. The maximum Gasteiger partial charge on any atom is 0.169 e. The van der Waals surface area contributed by atoms with Crippen LogP contribution >= 0.6 is 0 Å². The van der Waals surface area contributed by atoms with Gasteiger partial charge in [0.25, 0.3) is 0 Å². The number of ether oxygens (including phenoxy) is 2. The summed E-state index contributed by atoms with van der Waals surface area (Å²) in [5, 5.41) is 31.8. The molecule has 8 nitrogen and oxygen atoms in total. The fourth-order valence-corrected chi connectivity index (χ4v) is 1.86. The Hall–Kier alpha value is -0.890. The van der Waals surface area contributed by atoms with E-state index in [1.807, 2.05) is 0 Å². The summed E-state index contributed by atoms with van der Waals surface area (Å²) in [6.07, 6.45) is -3.54. The molecule has 2 heterocycles. The van der Waals surface area contributed by atoms with Crippen molar-refractivity contribution in [2.75, 3.05) is 13.2 Å². The van der Waals surface area contributed by atoms with Crippen molar-refractivity contribution in [2.24, 2.45) is 5.11 Å². The first kappa shape index (κ1) is 10.6. The van der Waals surface area contributed by atoms with Gasteiger partial charge in [-0.2, -0.15) is 0 Å². The molecule has 0 amide bonds. The average Bonchev–Trinajstić information content (AvgIpc) is 2.65. The number of aliphatic hydroxyl groups is 3. The molecule has 0 unspecified atom stereocenters. The maximum absolute atomic E-state index is 9.71. The van der Waals surface area contributed by atoms with E-state index in [0.717, 1.165) is 0 Å². The van der Waals surface area contributed by atoms with Gasteiger partial charge in [0.15, 0.2) is 6.29 Å². The van der Waals surface area contributed by atoms with Crippen LogP contribution in [0.5, 0.6) is 0 Å². The molecular weight excluding hydrogens is 206 g/mol. The summed E-state index contributed by atoms with van der Waals surface area (Å²) in [6, 6.07) is -0.993. The fourth-order valence-electron chi connectivity index (χ4n) is 1.86. The van der Waals surface area contributed by atoms with Crippen LogP contribution in [0, 0.1) is 0 Å². The lowest BCUT2D eigenvalue weighted by molar-refractivity contribution is -0.228. The van der Waals surface area contributed by atoms with Crippen LogP contribution in [0.3, 0.4) is 0 Å². The van der Waals surface area contributed by atoms with Crippen molar-refractivity contribution in [3.05, 3.63) is 10.4 Å². The molecule has 2 fully saturated rings. The van der Waals surface area contributed by atoms with Crippen molar-refractivity contribution in [3.8, 4) is 0 Å². The van der Waals surface area contributed by atoms with E-state index >= 15 is 0 Å². The number of fused-ring (bicyclic) bond motifs is 2. The number of hydrogen-bond donors (Lipinski definition) is 3. The summed E-state index contributed by atoms with van der Waals surface area (Å²) in [7, 11) is 0. The second kappa shape index (κ2) is 3.60. The largest absolute Gasteiger partial charge is 0.393 e. The van der Waals surface area contributed by atoms with Gasteiger partial charge in [-0.15, -0.1) is 0 Å². The van der Waals surface area contributed by atoms with Crippen LogP contribution in [0.25, 0.3) is 10.4 Å². The molecule has 3 N–H and O–H groups in total. The van der Waals surface area contributed by atoms with Crippen molar-refractivity contribution in [3.63, 3.8) is 0 Å². The summed E-state index contributed by atoms with van der Waals surface area (Å²) >= 11 is 0. The Kier molecular flexibility index (Phi) is 2.55. The van der Waals surface area contributed by atoms with E-state index in [2.05, 4.69) is 10.0 Å². The molecule has 15 heavy (non-hydrogen) atoms. The van der Waals surface area contributed by atoms with E-state index in [4.69, 9.17) is 20.1 Å². The number of aliphatic hydroxyl groups excluding tert-OH is 3. The standard InChI is InChI=1S/C7H11N3O5/c8-10-9-3-4(12)5(13)7(1-11)2-14-6(3)15-7/h3-6,11-13H,1-2H2/t3-,4-,5-,6-,7+/m1/s1. The molecule has 8 heteroatoms. The van der Waals surface area contributed by atoms with Crippen molar-refractivity contribution in [1.29, 1.82) is 0 Å². The Labute approximate surface area is 84.7 Å². The second-order valence-corrected chi connectivity index (χ2v) is 3.65. The molecule has 2 aliphatic heterocycles. The topological polar surface area (TPSA) is 128 Å². The van der Waals surface area contributed by atoms with Gasteiger partial charge in [-0.3, -0.25) is 0 Å². The average molecular weight is 217 g/mol. The Morgan fingerprint density at radius 2 is 2.27 bits per heavy atom. The SMILES string of the molecule is [N-]=[N+]=N[C@H]1[C@@H]2OC[C@](CO)(O2)[C@H](O)[C@@H]1O. The van der Waals surface area contributed by atoms with Crippen LogP contribution in [-0.4, -0.2) is 58.7 Å². The predicted molar refractivity (Wildman–Crippen MR) is 45.6 cm³/mol. The molecule has 0 spiro atoms. The summed E-state index contributed by atoms with van der Waals surface area (Å²) in [4.78, 5) is 2.54. The number of nitrogens with zero attached hydrogens (tertiary/aromatic N) is 3. The smallest absolute Gasteiger partial charge is 0.169 e. The van der Waals surface area contributed by atoms with Gasteiger partial charge in [-0.1, -0.05) is 5.11 Å².